The van der Waals surface area contributed by atoms with Crippen LogP contribution in [-0.4, -0.2) is 23.9 Å². The average Bonchev–Trinajstić information content (AvgIpc) is 3.23. The van der Waals surface area contributed by atoms with Gasteiger partial charge in [0.05, 0.1) is 7.11 Å². The lowest BCUT2D eigenvalue weighted by Crippen LogP contribution is -2.20. The molecule has 0 N–H and O–H groups in total. The van der Waals surface area contributed by atoms with E-state index < -0.39 is 11.9 Å². The van der Waals surface area contributed by atoms with Gasteiger partial charge in [0, 0.05) is 46.5 Å². The van der Waals surface area contributed by atoms with E-state index in [4.69, 9.17) is 19.2 Å². The van der Waals surface area contributed by atoms with E-state index in [1.165, 1.54) is 16.9 Å². The summed E-state index contributed by atoms with van der Waals surface area (Å²) < 4.78 is 17.5. The molecule has 5 rings (SSSR count). The van der Waals surface area contributed by atoms with Crippen LogP contribution in [0.4, 0.5) is 0 Å². The Morgan fingerprint density at radius 2 is 2.00 bits per heavy atom. The van der Waals surface area contributed by atoms with Gasteiger partial charge in [-0.3, -0.25) is 0 Å². The second-order valence-corrected chi connectivity index (χ2v) is 10.5. The van der Waals surface area contributed by atoms with Crippen molar-refractivity contribution in [2.75, 3.05) is 7.11 Å². The van der Waals surface area contributed by atoms with E-state index in [0.29, 0.717) is 5.92 Å². The zero-order chi connectivity index (χ0) is 22.8. The van der Waals surface area contributed by atoms with Gasteiger partial charge in [0.15, 0.2) is 6.10 Å². The summed E-state index contributed by atoms with van der Waals surface area (Å²) in [6.45, 7) is 9.85. The highest BCUT2D eigenvalue weighted by Gasteiger charge is 2.45. The minimum absolute atomic E-state index is 0.372. The highest BCUT2D eigenvalue weighted by atomic mass is 32.1. The summed E-state index contributed by atoms with van der Waals surface area (Å²) >= 11 is 1.79. The van der Waals surface area contributed by atoms with Crippen LogP contribution in [0, 0.1) is 13.8 Å². The topological polar surface area (TPSA) is 57.7 Å². The van der Waals surface area contributed by atoms with Crippen LogP contribution >= 0.6 is 11.3 Å². The third kappa shape index (κ3) is 3.32. The first-order valence-corrected chi connectivity index (χ1v) is 12.0. The molecule has 3 aromatic rings. The van der Waals surface area contributed by atoms with Gasteiger partial charge in [-0.15, -0.1) is 11.3 Å². The van der Waals surface area contributed by atoms with Crippen LogP contribution in [0.15, 0.2) is 18.2 Å². The van der Waals surface area contributed by atoms with Crippen LogP contribution in [0.2, 0.25) is 0 Å². The molecule has 0 spiro atoms. The summed E-state index contributed by atoms with van der Waals surface area (Å²) in [7, 11) is 1.69. The van der Waals surface area contributed by atoms with Crippen molar-refractivity contribution in [2.45, 2.75) is 71.7 Å². The summed E-state index contributed by atoms with van der Waals surface area (Å²) in [5.41, 5.74) is 6.02. The van der Waals surface area contributed by atoms with E-state index in [2.05, 4.69) is 26.0 Å². The Kier molecular flexibility index (Phi) is 5.06. The van der Waals surface area contributed by atoms with Gasteiger partial charge in [0.1, 0.15) is 10.6 Å². The van der Waals surface area contributed by atoms with Crippen LogP contribution in [0.5, 0.6) is 5.75 Å². The van der Waals surface area contributed by atoms with Crippen LogP contribution in [0.1, 0.15) is 72.9 Å². The summed E-state index contributed by atoms with van der Waals surface area (Å²) in [6, 6.07) is 6.22. The molecule has 1 aliphatic carbocycles. The van der Waals surface area contributed by atoms with Crippen molar-refractivity contribution in [3.05, 3.63) is 45.5 Å². The maximum atomic E-state index is 13.0. The summed E-state index contributed by atoms with van der Waals surface area (Å²) in [4.78, 5) is 20.4. The third-order valence-corrected chi connectivity index (χ3v) is 7.73. The van der Waals surface area contributed by atoms with Gasteiger partial charge in [-0.05, 0) is 56.2 Å². The van der Waals surface area contributed by atoms with Gasteiger partial charge in [-0.1, -0.05) is 19.1 Å². The van der Waals surface area contributed by atoms with E-state index in [9.17, 15) is 4.79 Å². The Hall–Kier alpha value is -2.44. The number of nitrogens with zero attached hydrogens (tertiary/aromatic N) is 1. The number of methoxy groups -OCH3 is 1. The number of benzene rings is 1. The molecular formula is C26H29NO4S. The quantitative estimate of drug-likeness (QED) is 0.433. The number of pyridine rings is 1. The molecule has 3 heterocycles. The van der Waals surface area contributed by atoms with Crippen LogP contribution < -0.4 is 4.74 Å². The summed E-state index contributed by atoms with van der Waals surface area (Å²) in [5.74, 6) is -0.122. The average molecular weight is 452 g/mol. The van der Waals surface area contributed by atoms with E-state index in [-0.39, 0.29) is 5.97 Å². The van der Waals surface area contributed by atoms with Crippen LogP contribution in [-0.2, 0) is 20.7 Å². The molecule has 0 radical (unpaired) electrons. The van der Waals surface area contributed by atoms with Crippen LogP contribution in [0.3, 0.4) is 0 Å². The number of carbonyl (C=O) groups excluding carboxylic acids is 1. The first-order chi connectivity index (χ1) is 15.2. The maximum absolute atomic E-state index is 13.0. The molecule has 2 unspecified atom stereocenters. The molecular weight excluding hydrogens is 422 g/mol. The monoisotopic (exact) mass is 451 g/mol. The predicted octanol–water partition coefficient (Wildman–Crippen LogP) is 6.38. The molecule has 2 aliphatic rings. The number of hydrogen-bond donors (Lipinski definition) is 0. The fourth-order valence-corrected chi connectivity index (χ4v) is 6.57. The molecule has 168 valence electrons. The SMILES string of the molecule is COc1cc(C)ccc1-c1c(C2OC(C)(C)OC2=O)c(C)nc2sc3c(c12)C(C)CCC3. The number of esters is 1. The lowest BCUT2D eigenvalue weighted by atomic mass is 9.83. The molecule has 2 aromatic heterocycles. The first-order valence-electron chi connectivity index (χ1n) is 11.2. The number of fused-ring (bicyclic) bond motifs is 3. The molecule has 32 heavy (non-hydrogen) atoms. The smallest absolute Gasteiger partial charge is 0.342 e. The fraction of sp³-hybridized carbons (Fsp3) is 0.462. The maximum Gasteiger partial charge on any atom is 0.342 e. The van der Waals surface area contributed by atoms with Crippen molar-refractivity contribution < 1.29 is 19.0 Å². The normalized spacial score (nSPS) is 22.1. The van der Waals surface area contributed by atoms with Gasteiger partial charge in [0.25, 0.3) is 0 Å². The highest BCUT2D eigenvalue weighted by molar-refractivity contribution is 7.19. The number of rotatable bonds is 3. The van der Waals surface area contributed by atoms with Crippen LogP contribution in [0.25, 0.3) is 21.3 Å². The first kappa shape index (κ1) is 21.4. The number of aryl methyl sites for hydroxylation is 3. The molecule has 0 amide bonds. The number of aromatic nitrogens is 1. The lowest BCUT2D eigenvalue weighted by Gasteiger charge is -2.23. The van der Waals surface area contributed by atoms with Crippen molar-refractivity contribution in [3.8, 4) is 16.9 Å². The molecule has 2 atom stereocenters. The van der Waals surface area contributed by atoms with Crippen molar-refractivity contribution in [1.82, 2.24) is 4.98 Å². The third-order valence-electron chi connectivity index (χ3n) is 6.57. The summed E-state index contributed by atoms with van der Waals surface area (Å²) in [6.07, 6.45) is 2.61. The zero-order valence-corrected chi connectivity index (χ0v) is 20.3. The van der Waals surface area contributed by atoms with Gasteiger partial charge in [0.2, 0.25) is 5.79 Å². The predicted molar refractivity (Wildman–Crippen MR) is 126 cm³/mol. The Morgan fingerprint density at radius 1 is 1.22 bits per heavy atom. The van der Waals surface area contributed by atoms with Crippen molar-refractivity contribution >= 4 is 27.5 Å². The highest BCUT2D eigenvalue weighted by Crippen LogP contribution is 2.51. The van der Waals surface area contributed by atoms with E-state index in [1.54, 1.807) is 32.3 Å². The molecule has 6 heteroatoms. The number of hydrogen-bond acceptors (Lipinski definition) is 6. The largest absolute Gasteiger partial charge is 0.496 e. The Balaban J connectivity index is 1.90. The van der Waals surface area contributed by atoms with Gasteiger partial charge < -0.3 is 14.2 Å². The number of ether oxygens (including phenoxy) is 3. The van der Waals surface area contributed by atoms with Gasteiger partial charge in [-0.25, -0.2) is 9.78 Å². The summed E-state index contributed by atoms with van der Waals surface area (Å²) in [5, 5.41) is 1.14. The molecule has 1 aromatic carbocycles. The zero-order valence-electron chi connectivity index (χ0n) is 19.5. The Bertz CT molecular complexity index is 1240. The molecule has 1 aliphatic heterocycles. The lowest BCUT2D eigenvalue weighted by molar-refractivity contribution is -0.160. The Labute approximate surface area is 192 Å². The molecule has 0 bridgehead atoms. The van der Waals surface area contributed by atoms with Gasteiger partial charge in [-0.2, -0.15) is 0 Å². The molecule has 5 nitrogen and oxygen atoms in total. The molecule has 1 saturated heterocycles. The standard InChI is InChI=1S/C26H29NO4S/c1-13-10-11-16(17(12-13)29-6)21-20(23-25(28)31-26(4,5)30-23)15(3)27-24-22(21)19-14(2)8-7-9-18(19)32-24/h10-12,14,23H,7-9H2,1-6H3. The second kappa shape index (κ2) is 7.56. The second-order valence-electron chi connectivity index (χ2n) is 9.42. The van der Waals surface area contributed by atoms with Crippen molar-refractivity contribution in [1.29, 1.82) is 0 Å². The van der Waals surface area contributed by atoms with Gasteiger partial charge >= 0.3 is 5.97 Å². The Morgan fingerprint density at radius 3 is 2.69 bits per heavy atom. The number of thiophene rings is 1. The fourth-order valence-electron chi connectivity index (χ4n) is 5.18. The number of carbonyl (C=O) groups is 1. The minimum atomic E-state index is -0.973. The number of cyclic esters (lactones) is 1. The van der Waals surface area contributed by atoms with E-state index >= 15 is 0 Å². The van der Waals surface area contributed by atoms with E-state index in [0.717, 1.165) is 56.8 Å². The van der Waals surface area contributed by atoms with Crippen molar-refractivity contribution in [2.24, 2.45) is 0 Å². The molecule has 0 saturated carbocycles. The van der Waals surface area contributed by atoms with Crippen molar-refractivity contribution in [3.63, 3.8) is 0 Å². The van der Waals surface area contributed by atoms with E-state index in [1.807, 2.05) is 13.0 Å². The minimum Gasteiger partial charge on any atom is -0.496 e. The molecule has 1 fully saturated rings.